The molecule has 132 valence electrons. The summed E-state index contributed by atoms with van der Waals surface area (Å²) in [5.41, 5.74) is 1.62. The fourth-order valence-corrected chi connectivity index (χ4v) is 3.22. The monoisotopic (exact) mass is 372 g/mol. The molecule has 27 heavy (non-hydrogen) atoms. The van der Waals surface area contributed by atoms with Gasteiger partial charge >= 0.3 is 5.88 Å². The van der Waals surface area contributed by atoms with Crippen LogP contribution in [-0.2, 0) is 6.54 Å². The van der Waals surface area contributed by atoms with E-state index in [-0.39, 0.29) is 12.3 Å². The first-order valence-electron chi connectivity index (χ1n) is 8.68. The molecular weight excluding hydrogens is 354 g/mol. The Kier molecular flexibility index (Phi) is 4.90. The summed E-state index contributed by atoms with van der Waals surface area (Å²) in [5, 5.41) is 1.05. The van der Waals surface area contributed by atoms with Crippen molar-refractivity contribution in [2.75, 3.05) is 0 Å². The Labute approximate surface area is 163 Å². The molecule has 0 bridgehead atoms. The zero-order valence-electron chi connectivity index (χ0n) is 14.6. The second-order valence-corrected chi connectivity index (χ2v) is 6.66. The van der Waals surface area contributed by atoms with Gasteiger partial charge in [0.1, 0.15) is 5.75 Å². The molecule has 0 aliphatic rings. The van der Waals surface area contributed by atoms with Crippen LogP contribution in [0.2, 0.25) is 0 Å². The van der Waals surface area contributed by atoms with Crippen molar-refractivity contribution in [3.05, 3.63) is 96.6 Å². The van der Waals surface area contributed by atoms with E-state index >= 15 is 0 Å². The van der Waals surface area contributed by atoms with E-state index in [1.54, 1.807) is 0 Å². The van der Waals surface area contributed by atoms with E-state index in [1.807, 2.05) is 95.6 Å². The first-order valence-corrected chi connectivity index (χ1v) is 9.13. The standard InChI is InChI=1S/C23H17NO2S/c25-20(18-9-2-1-3-10-18)16-24-19-11-5-4-8-17(19)14-15-23(24)26-21-12-6-7-13-22(21)27/h1-15H,16H2/p+1. The Morgan fingerprint density at radius 2 is 1.52 bits per heavy atom. The summed E-state index contributed by atoms with van der Waals surface area (Å²) in [6, 6.07) is 28.7. The number of ketones is 1. The molecule has 0 unspecified atom stereocenters. The number of thiol groups is 1. The fourth-order valence-electron chi connectivity index (χ4n) is 3.01. The summed E-state index contributed by atoms with van der Waals surface area (Å²) in [7, 11) is 0. The number of hydrogen-bond acceptors (Lipinski definition) is 3. The number of fused-ring (bicyclic) bond motifs is 1. The van der Waals surface area contributed by atoms with Crippen LogP contribution in [0.3, 0.4) is 0 Å². The number of carbonyl (C=O) groups excluding carboxylic acids is 1. The van der Waals surface area contributed by atoms with Gasteiger partial charge in [0.2, 0.25) is 17.8 Å². The average molecular weight is 372 g/mol. The van der Waals surface area contributed by atoms with Gasteiger partial charge in [-0.05, 0) is 24.3 Å². The molecule has 1 aromatic heterocycles. The van der Waals surface area contributed by atoms with Gasteiger partial charge in [-0.3, -0.25) is 4.79 Å². The Balaban J connectivity index is 1.78. The summed E-state index contributed by atoms with van der Waals surface area (Å²) in [5.74, 6) is 1.28. The molecule has 4 heteroatoms. The smallest absolute Gasteiger partial charge is 0.374 e. The number of aromatic nitrogens is 1. The Morgan fingerprint density at radius 3 is 2.33 bits per heavy atom. The van der Waals surface area contributed by atoms with Crippen LogP contribution in [0.25, 0.3) is 10.9 Å². The molecule has 0 atom stereocenters. The van der Waals surface area contributed by atoms with Crippen LogP contribution < -0.4 is 9.30 Å². The van der Waals surface area contributed by atoms with Crippen LogP contribution in [0.15, 0.2) is 95.9 Å². The van der Waals surface area contributed by atoms with Gasteiger partial charge in [0.15, 0.2) is 0 Å². The molecule has 0 saturated heterocycles. The lowest BCUT2D eigenvalue weighted by molar-refractivity contribution is -0.661. The molecular formula is C23H18NO2S+. The van der Waals surface area contributed by atoms with Gasteiger partial charge in [0.05, 0.1) is 6.07 Å². The van der Waals surface area contributed by atoms with Gasteiger partial charge in [-0.2, -0.15) is 4.57 Å². The first kappa shape index (κ1) is 17.3. The van der Waals surface area contributed by atoms with E-state index in [9.17, 15) is 4.79 Å². The molecule has 4 rings (SSSR count). The van der Waals surface area contributed by atoms with Gasteiger partial charge in [-0.15, -0.1) is 12.6 Å². The second kappa shape index (κ2) is 7.64. The molecule has 0 fully saturated rings. The van der Waals surface area contributed by atoms with Gasteiger partial charge in [-0.25, -0.2) is 0 Å². The highest BCUT2D eigenvalue weighted by Crippen LogP contribution is 2.27. The average Bonchev–Trinajstić information content (AvgIpc) is 2.72. The van der Waals surface area contributed by atoms with Crippen molar-refractivity contribution in [2.24, 2.45) is 0 Å². The number of pyridine rings is 1. The maximum Gasteiger partial charge on any atom is 0.374 e. The number of benzene rings is 3. The predicted octanol–water partition coefficient (Wildman–Crippen LogP) is 5.09. The Morgan fingerprint density at radius 1 is 0.815 bits per heavy atom. The van der Waals surface area contributed by atoms with Crippen molar-refractivity contribution in [1.82, 2.24) is 0 Å². The summed E-state index contributed by atoms with van der Waals surface area (Å²) in [6.07, 6.45) is 0. The van der Waals surface area contributed by atoms with E-state index in [0.29, 0.717) is 17.2 Å². The summed E-state index contributed by atoms with van der Waals surface area (Å²) in [6.45, 7) is 0.190. The molecule has 3 nitrogen and oxygen atoms in total. The molecule has 1 heterocycles. The van der Waals surface area contributed by atoms with Gasteiger partial charge in [0, 0.05) is 21.9 Å². The van der Waals surface area contributed by atoms with E-state index in [2.05, 4.69) is 12.6 Å². The molecule has 0 aliphatic heterocycles. The Bertz CT molecular complexity index is 1110. The number of Topliss-reactive ketones (excluding diaryl/α,β-unsaturated/α-hetero) is 1. The van der Waals surface area contributed by atoms with Crippen molar-refractivity contribution in [3.63, 3.8) is 0 Å². The largest absolute Gasteiger partial charge is 0.404 e. The third kappa shape index (κ3) is 3.71. The summed E-state index contributed by atoms with van der Waals surface area (Å²) in [4.78, 5) is 13.6. The number of nitrogens with zero attached hydrogens (tertiary/aromatic N) is 1. The minimum atomic E-state index is 0.0287. The van der Waals surface area contributed by atoms with E-state index < -0.39 is 0 Å². The molecule has 3 aromatic carbocycles. The molecule has 0 N–H and O–H groups in total. The van der Waals surface area contributed by atoms with Gasteiger partial charge in [-0.1, -0.05) is 54.6 Å². The fraction of sp³-hybridized carbons (Fsp3) is 0.0435. The Hall–Kier alpha value is -3.11. The topological polar surface area (TPSA) is 30.2 Å². The third-order valence-electron chi connectivity index (χ3n) is 4.38. The van der Waals surface area contributed by atoms with Crippen molar-refractivity contribution in [3.8, 4) is 11.6 Å². The molecule has 4 aromatic rings. The van der Waals surface area contributed by atoms with Gasteiger partial charge in [0.25, 0.3) is 0 Å². The quantitative estimate of drug-likeness (QED) is 0.300. The van der Waals surface area contributed by atoms with Crippen LogP contribution in [0, 0.1) is 0 Å². The minimum Gasteiger partial charge on any atom is -0.404 e. The lowest BCUT2D eigenvalue weighted by atomic mass is 10.1. The highest BCUT2D eigenvalue weighted by atomic mass is 32.1. The number of carbonyl (C=O) groups is 1. The highest BCUT2D eigenvalue weighted by molar-refractivity contribution is 7.80. The van der Waals surface area contributed by atoms with Gasteiger partial charge < -0.3 is 4.74 Å². The summed E-state index contributed by atoms with van der Waals surface area (Å²) >= 11 is 4.46. The first-order chi connectivity index (χ1) is 13.2. The molecule has 0 spiro atoms. The number of rotatable bonds is 5. The third-order valence-corrected chi connectivity index (χ3v) is 4.75. The van der Waals surface area contributed by atoms with Crippen LogP contribution in [0.5, 0.6) is 11.6 Å². The predicted molar refractivity (Wildman–Crippen MR) is 109 cm³/mol. The number of para-hydroxylation sites is 2. The lowest BCUT2D eigenvalue weighted by Gasteiger charge is -2.09. The second-order valence-electron chi connectivity index (χ2n) is 6.18. The maximum atomic E-state index is 12.8. The van der Waals surface area contributed by atoms with Crippen molar-refractivity contribution in [2.45, 2.75) is 11.4 Å². The number of ether oxygens (including phenoxy) is 1. The summed E-state index contributed by atoms with van der Waals surface area (Å²) < 4.78 is 8.03. The van der Waals surface area contributed by atoms with E-state index in [1.165, 1.54) is 0 Å². The molecule has 0 amide bonds. The van der Waals surface area contributed by atoms with Crippen molar-refractivity contribution in [1.29, 1.82) is 0 Å². The maximum absolute atomic E-state index is 12.8. The number of hydrogen-bond donors (Lipinski definition) is 1. The normalized spacial score (nSPS) is 10.7. The zero-order valence-corrected chi connectivity index (χ0v) is 15.5. The van der Waals surface area contributed by atoms with Crippen molar-refractivity contribution >= 4 is 29.3 Å². The SMILES string of the molecule is O=C(C[n+]1c(Oc2ccccc2S)ccc2ccccc21)c1ccccc1. The molecule has 0 aliphatic carbocycles. The molecule has 0 saturated carbocycles. The lowest BCUT2D eigenvalue weighted by Crippen LogP contribution is -2.40. The van der Waals surface area contributed by atoms with E-state index in [4.69, 9.17) is 4.74 Å². The van der Waals surface area contributed by atoms with Crippen LogP contribution >= 0.6 is 12.6 Å². The van der Waals surface area contributed by atoms with Crippen LogP contribution in [0.1, 0.15) is 10.4 Å². The van der Waals surface area contributed by atoms with Crippen LogP contribution in [-0.4, -0.2) is 5.78 Å². The van der Waals surface area contributed by atoms with Crippen molar-refractivity contribution < 1.29 is 14.1 Å². The molecule has 0 radical (unpaired) electrons. The van der Waals surface area contributed by atoms with Crippen LogP contribution in [0.4, 0.5) is 0 Å². The minimum absolute atomic E-state index is 0.0287. The highest BCUT2D eigenvalue weighted by Gasteiger charge is 2.22. The van der Waals surface area contributed by atoms with E-state index in [0.717, 1.165) is 15.8 Å². The zero-order chi connectivity index (χ0) is 18.6.